The maximum Gasteiger partial charge on any atom is 0.338 e. The summed E-state index contributed by atoms with van der Waals surface area (Å²) < 4.78 is 3.47. The van der Waals surface area contributed by atoms with E-state index in [0.717, 1.165) is 29.2 Å². The van der Waals surface area contributed by atoms with Crippen molar-refractivity contribution in [1.29, 1.82) is 0 Å². The Labute approximate surface area is 144 Å². The van der Waals surface area contributed by atoms with Crippen molar-refractivity contribution in [3.8, 4) is 11.4 Å². The quantitative estimate of drug-likeness (QED) is 0.666. The fraction of sp³-hybridized carbons (Fsp3) is 0.0500. The van der Waals surface area contributed by atoms with Crippen molar-refractivity contribution < 1.29 is 0 Å². The molecule has 3 nitrogen and oxygen atoms in total. The highest BCUT2D eigenvalue weighted by atomic mass is 35.5. The van der Waals surface area contributed by atoms with E-state index in [4.69, 9.17) is 11.6 Å². The van der Waals surface area contributed by atoms with Gasteiger partial charge in [0.1, 0.15) is 0 Å². The number of hydrogen-bond acceptors (Lipinski definition) is 1. The minimum Gasteiger partial charge on any atom is -0.260 e. The summed E-state index contributed by atoms with van der Waals surface area (Å²) in [7, 11) is 0. The smallest absolute Gasteiger partial charge is 0.260 e. The van der Waals surface area contributed by atoms with Crippen molar-refractivity contribution >= 4 is 23.8 Å². The Morgan fingerprint density at radius 3 is 1.88 bits per heavy atom. The van der Waals surface area contributed by atoms with Crippen molar-refractivity contribution in [3.63, 3.8) is 0 Å². The molecule has 24 heavy (non-hydrogen) atoms. The monoisotopic (exact) mass is 334 g/mol. The summed E-state index contributed by atoms with van der Waals surface area (Å²) in [6, 6.07) is 17.0. The van der Waals surface area contributed by atoms with Crippen LogP contribution in [0.3, 0.4) is 0 Å². The fourth-order valence-corrected chi connectivity index (χ4v) is 3.09. The topological polar surface area (TPSA) is 26.9 Å². The SMILES string of the molecule is O=c1n(-c2ccccc2)c2c(n1-c1ccc(Cl)cc1)C=CCC=C2. The molecule has 4 heteroatoms. The standard InChI is InChI=1S/C20H15ClN2O/c21-15-11-13-17(14-12-15)23-19-10-6-2-5-9-18(19)22(20(23)24)16-7-3-1-4-8-16/h1,3-14H,2H2. The van der Waals surface area contributed by atoms with Crippen LogP contribution in [0.15, 0.2) is 71.5 Å². The molecule has 118 valence electrons. The van der Waals surface area contributed by atoms with Gasteiger partial charge in [0.25, 0.3) is 0 Å². The van der Waals surface area contributed by atoms with Gasteiger partial charge in [-0.15, -0.1) is 0 Å². The molecule has 0 unspecified atom stereocenters. The van der Waals surface area contributed by atoms with Crippen LogP contribution in [-0.2, 0) is 0 Å². The van der Waals surface area contributed by atoms with Crippen molar-refractivity contribution in [2.45, 2.75) is 6.42 Å². The van der Waals surface area contributed by atoms with E-state index in [2.05, 4.69) is 12.2 Å². The first-order chi connectivity index (χ1) is 11.8. The van der Waals surface area contributed by atoms with E-state index in [1.807, 2.05) is 54.6 Å². The average Bonchev–Trinajstić information content (AvgIpc) is 2.75. The second-order valence-electron chi connectivity index (χ2n) is 5.58. The van der Waals surface area contributed by atoms with E-state index in [1.165, 1.54) is 0 Å². The Hall–Kier alpha value is -2.78. The largest absolute Gasteiger partial charge is 0.338 e. The predicted octanol–water partition coefficient (Wildman–Crippen LogP) is 4.71. The summed E-state index contributed by atoms with van der Waals surface area (Å²) in [4.78, 5) is 13.2. The van der Waals surface area contributed by atoms with E-state index < -0.39 is 0 Å². The Morgan fingerprint density at radius 2 is 1.29 bits per heavy atom. The molecule has 0 amide bonds. The molecule has 1 aromatic heterocycles. The molecular formula is C20H15ClN2O. The number of hydrogen-bond donors (Lipinski definition) is 0. The van der Waals surface area contributed by atoms with Gasteiger partial charge in [0.15, 0.2) is 0 Å². The molecule has 2 aromatic carbocycles. The van der Waals surface area contributed by atoms with Crippen molar-refractivity contribution in [3.05, 3.63) is 93.6 Å². The summed E-state index contributed by atoms with van der Waals surface area (Å²) in [6.07, 6.45) is 8.98. The van der Waals surface area contributed by atoms with Crippen LogP contribution in [0.2, 0.25) is 5.02 Å². The van der Waals surface area contributed by atoms with Gasteiger partial charge in [-0.1, -0.05) is 42.0 Å². The normalized spacial score (nSPS) is 12.9. The Morgan fingerprint density at radius 1 is 0.750 bits per heavy atom. The first kappa shape index (κ1) is 14.8. The number of imidazole rings is 1. The van der Waals surface area contributed by atoms with Crippen LogP contribution in [-0.4, -0.2) is 9.13 Å². The highest BCUT2D eigenvalue weighted by Crippen LogP contribution is 2.23. The summed E-state index contributed by atoms with van der Waals surface area (Å²) in [6.45, 7) is 0. The predicted molar refractivity (Wildman–Crippen MR) is 99.1 cm³/mol. The maximum absolute atomic E-state index is 13.2. The van der Waals surface area contributed by atoms with Crippen LogP contribution >= 0.6 is 11.6 Å². The van der Waals surface area contributed by atoms with Crippen molar-refractivity contribution in [1.82, 2.24) is 9.13 Å². The summed E-state index contributed by atoms with van der Waals surface area (Å²) in [5.41, 5.74) is 3.32. The number of rotatable bonds is 2. The van der Waals surface area contributed by atoms with Crippen LogP contribution in [0.1, 0.15) is 17.8 Å². The Kier molecular flexibility index (Phi) is 3.71. The van der Waals surface area contributed by atoms with Gasteiger partial charge in [0.05, 0.1) is 22.8 Å². The first-order valence-corrected chi connectivity index (χ1v) is 8.16. The van der Waals surface area contributed by atoms with E-state index in [0.29, 0.717) is 5.02 Å². The second-order valence-corrected chi connectivity index (χ2v) is 6.01. The Bertz CT molecular complexity index is 993. The van der Waals surface area contributed by atoms with Crippen LogP contribution in [0.25, 0.3) is 23.5 Å². The zero-order chi connectivity index (χ0) is 16.5. The fourth-order valence-electron chi connectivity index (χ4n) is 2.96. The third kappa shape index (κ3) is 2.43. The molecule has 0 atom stereocenters. The van der Waals surface area contributed by atoms with Gasteiger partial charge in [0, 0.05) is 5.02 Å². The number of benzene rings is 2. The van der Waals surface area contributed by atoms with Gasteiger partial charge < -0.3 is 0 Å². The number of aromatic nitrogens is 2. The third-order valence-electron chi connectivity index (χ3n) is 4.05. The number of allylic oxidation sites excluding steroid dienone is 2. The van der Waals surface area contributed by atoms with Crippen LogP contribution in [0.4, 0.5) is 0 Å². The first-order valence-electron chi connectivity index (χ1n) is 7.78. The van der Waals surface area contributed by atoms with Gasteiger partial charge in [0.2, 0.25) is 0 Å². The minimum atomic E-state index is -0.0928. The lowest BCUT2D eigenvalue weighted by molar-refractivity contribution is 0.902. The summed E-state index contributed by atoms with van der Waals surface area (Å²) in [5, 5.41) is 0.649. The van der Waals surface area contributed by atoms with Gasteiger partial charge in [-0.3, -0.25) is 9.13 Å². The number of nitrogens with zero attached hydrogens (tertiary/aromatic N) is 2. The molecule has 3 aromatic rings. The zero-order valence-corrected chi connectivity index (χ0v) is 13.6. The lowest BCUT2D eigenvalue weighted by atomic mass is 10.2. The lowest BCUT2D eigenvalue weighted by Crippen LogP contribution is -2.22. The van der Waals surface area contributed by atoms with E-state index >= 15 is 0 Å². The second kappa shape index (κ2) is 6.02. The lowest BCUT2D eigenvalue weighted by Gasteiger charge is -2.04. The highest BCUT2D eigenvalue weighted by Gasteiger charge is 2.19. The van der Waals surface area contributed by atoms with Gasteiger partial charge in [-0.25, -0.2) is 4.79 Å². The molecule has 4 rings (SSSR count). The molecular weight excluding hydrogens is 320 g/mol. The molecule has 0 bridgehead atoms. The average molecular weight is 335 g/mol. The molecule has 0 fully saturated rings. The van der Waals surface area contributed by atoms with E-state index in [9.17, 15) is 4.79 Å². The zero-order valence-electron chi connectivity index (χ0n) is 12.9. The van der Waals surface area contributed by atoms with Crippen LogP contribution in [0, 0.1) is 0 Å². The molecule has 0 N–H and O–H groups in total. The molecule has 1 aliphatic rings. The maximum atomic E-state index is 13.2. The van der Waals surface area contributed by atoms with Gasteiger partial charge in [-0.05, 0) is 55.0 Å². The summed E-state index contributed by atoms with van der Waals surface area (Å²) in [5.74, 6) is 0. The highest BCUT2D eigenvalue weighted by molar-refractivity contribution is 6.30. The molecule has 0 spiro atoms. The third-order valence-corrected chi connectivity index (χ3v) is 4.30. The van der Waals surface area contributed by atoms with Gasteiger partial charge >= 0.3 is 5.69 Å². The summed E-state index contributed by atoms with van der Waals surface area (Å²) >= 11 is 5.99. The van der Waals surface area contributed by atoms with Crippen LogP contribution < -0.4 is 5.69 Å². The Balaban J connectivity index is 2.05. The van der Waals surface area contributed by atoms with Gasteiger partial charge in [-0.2, -0.15) is 0 Å². The number of para-hydroxylation sites is 1. The van der Waals surface area contributed by atoms with Crippen molar-refractivity contribution in [2.24, 2.45) is 0 Å². The molecule has 0 radical (unpaired) electrons. The van der Waals surface area contributed by atoms with E-state index in [-0.39, 0.29) is 5.69 Å². The molecule has 1 heterocycles. The molecule has 0 aliphatic heterocycles. The molecule has 1 aliphatic carbocycles. The number of halogens is 1. The molecule has 0 saturated heterocycles. The van der Waals surface area contributed by atoms with E-state index in [1.54, 1.807) is 21.3 Å². The minimum absolute atomic E-state index is 0.0928. The number of fused-ring (bicyclic) bond motifs is 1. The molecule has 0 saturated carbocycles. The van der Waals surface area contributed by atoms with Crippen LogP contribution in [0.5, 0.6) is 0 Å². The van der Waals surface area contributed by atoms with Crippen molar-refractivity contribution in [2.75, 3.05) is 0 Å².